The molecule has 3 rings (SSSR count). The first-order chi connectivity index (χ1) is 12.1. The van der Waals surface area contributed by atoms with Crippen LogP contribution in [0.1, 0.15) is 43.4 Å². The minimum absolute atomic E-state index is 0.0899. The predicted molar refractivity (Wildman–Crippen MR) is 100 cm³/mol. The number of aryl methyl sites for hydroxylation is 1. The van der Waals surface area contributed by atoms with Crippen LogP contribution >= 0.6 is 0 Å². The maximum Gasteiger partial charge on any atom is 0.227 e. The first kappa shape index (κ1) is 18.4. The van der Waals surface area contributed by atoms with Gasteiger partial charge in [0.2, 0.25) is 5.95 Å². The summed E-state index contributed by atoms with van der Waals surface area (Å²) in [7, 11) is 1.73. The Balaban J connectivity index is 1.86. The lowest BCUT2D eigenvalue weighted by molar-refractivity contribution is 0.0624. The standard InChI is InChI=1S/C19H32N4O2/c1-15-16(2)20-18(22-9-4-5-10-22)21-17(15)23-11-6-7-19(13-23,14-24)8-12-25-3/h24H,4-14H2,1-3H3. The molecule has 6 heteroatoms. The van der Waals surface area contributed by atoms with Gasteiger partial charge < -0.3 is 19.6 Å². The number of rotatable bonds is 6. The van der Waals surface area contributed by atoms with Crippen LogP contribution in [0, 0.1) is 19.3 Å². The first-order valence-electron chi connectivity index (χ1n) is 9.53. The number of aliphatic hydroxyl groups excluding tert-OH is 1. The van der Waals surface area contributed by atoms with Crippen LogP contribution in [0.3, 0.4) is 0 Å². The van der Waals surface area contributed by atoms with Gasteiger partial charge in [-0.1, -0.05) is 0 Å². The molecule has 0 aromatic carbocycles. The van der Waals surface area contributed by atoms with Gasteiger partial charge in [0.1, 0.15) is 5.82 Å². The third-order valence-electron chi connectivity index (χ3n) is 5.87. The highest BCUT2D eigenvalue weighted by Crippen LogP contribution is 2.36. The van der Waals surface area contributed by atoms with Crippen molar-refractivity contribution in [1.82, 2.24) is 9.97 Å². The van der Waals surface area contributed by atoms with E-state index in [4.69, 9.17) is 14.7 Å². The zero-order chi connectivity index (χ0) is 17.9. The Morgan fingerprint density at radius 3 is 2.48 bits per heavy atom. The van der Waals surface area contributed by atoms with E-state index in [2.05, 4.69) is 23.6 Å². The van der Waals surface area contributed by atoms with E-state index in [9.17, 15) is 5.11 Å². The third kappa shape index (κ3) is 3.90. The van der Waals surface area contributed by atoms with E-state index in [1.54, 1.807) is 7.11 Å². The second-order valence-electron chi connectivity index (χ2n) is 7.68. The molecule has 1 aromatic heterocycles. The van der Waals surface area contributed by atoms with E-state index in [1.165, 1.54) is 12.8 Å². The third-order valence-corrected chi connectivity index (χ3v) is 5.87. The van der Waals surface area contributed by atoms with Gasteiger partial charge in [0.15, 0.2) is 0 Å². The summed E-state index contributed by atoms with van der Waals surface area (Å²) in [5, 5.41) is 10.1. The molecule has 2 aliphatic heterocycles. The van der Waals surface area contributed by atoms with Gasteiger partial charge in [-0.25, -0.2) is 4.98 Å². The second kappa shape index (κ2) is 7.87. The summed E-state index contributed by atoms with van der Waals surface area (Å²) in [5.74, 6) is 1.91. The summed E-state index contributed by atoms with van der Waals surface area (Å²) in [5.41, 5.74) is 2.13. The van der Waals surface area contributed by atoms with Crippen molar-refractivity contribution in [2.45, 2.75) is 46.0 Å². The van der Waals surface area contributed by atoms with Crippen molar-refractivity contribution >= 4 is 11.8 Å². The monoisotopic (exact) mass is 348 g/mol. The van der Waals surface area contributed by atoms with Crippen LogP contribution in [0.25, 0.3) is 0 Å². The molecule has 6 nitrogen and oxygen atoms in total. The van der Waals surface area contributed by atoms with E-state index >= 15 is 0 Å². The van der Waals surface area contributed by atoms with Crippen molar-refractivity contribution in [3.05, 3.63) is 11.3 Å². The molecule has 0 saturated carbocycles. The minimum atomic E-state index is -0.0899. The zero-order valence-corrected chi connectivity index (χ0v) is 15.9. The van der Waals surface area contributed by atoms with E-state index < -0.39 is 0 Å². The lowest BCUT2D eigenvalue weighted by Crippen LogP contribution is -2.46. The van der Waals surface area contributed by atoms with E-state index in [-0.39, 0.29) is 12.0 Å². The Morgan fingerprint density at radius 1 is 1.08 bits per heavy atom. The highest BCUT2D eigenvalue weighted by molar-refractivity contribution is 5.53. The molecular weight excluding hydrogens is 316 g/mol. The topological polar surface area (TPSA) is 61.7 Å². The number of ether oxygens (including phenoxy) is 1. The number of methoxy groups -OCH3 is 1. The van der Waals surface area contributed by atoms with Crippen molar-refractivity contribution in [2.75, 3.05) is 56.3 Å². The molecule has 0 radical (unpaired) electrons. The Morgan fingerprint density at radius 2 is 1.80 bits per heavy atom. The summed E-state index contributed by atoms with van der Waals surface area (Å²) in [6.07, 6.45) is 5.45. The molecule has 140 valence electrons. The molecule has 0 aliphatic carbocycles. The largest absolute Gasteiger partial charge is 0.396 e. The number of anilines is 2. The van der Waals surface area contributed by atoms with Crippen molar-refractivity contribution in [3.63, 3.8) is 0 Å². The van der Waals surface area contributed by atoms with Crippen molar-refractivity contribution in [1.29, 1.82) is 0 Å². The maximum atomic E-state index is 10.1. The van der Waals surface area contributed by atoms with Gasteiger partial charge in [0.25, 0.3) is 0 Å². The molecular formula is C19H32N4O2. The van der Waals surface area contributed by atoms with Crippen molar-refractivity contribution in [3.8, 4) is 0 Å². The van der Waals surface area contributed by atoms with Crippen molar-refractivity contribution < 1.29 is 9.84 Å². The Bertz CT molecular complexity index is 589. The second-order valence-corrected chi connectivity index (χ2v) is 7.68. The molecule has 2 aliphatic rings. The molecule has 0 bridgehead atoms. The quantitative estimate of drug-likeness (QED) is 0.851. The number of aliphatic hydroxyl groups is 1. The number of hydrogen-bond acceptors (Lipinski definition) is 6. The number of nitrogens with zero attached hydrogens (tertiary/aromatic N) is 4. The van der Waals surface area contributed by atoms with Crippen LogP contribution in [-0.2, 0) is 4.74 Å². The molecule has 3 heterocycles. The molecule has 1 atom stereocenters. The van der Waals surface area contributed by atoms with E-state index in [0.29, 0.717) is 6.61 Å². The highest BCUT2D eigenvalue weighted by atomic mass is 16.5. The zero-order valence-electron chi connectivity index (χ0n) is 15.9. The minimum Gasteiger partial charge on any atom is -0.396 e. The Kier molecular flexibility index (Phi) is 5.79. The molecule has 1 unspecified atom stereocenters. The molecule has 2 fully saturated rings. The fourth-order valence-electron chi connectivity index (χ4n) is 4.09. The molecule has 1 N–H and O–H groups in total. The molecule has 25 heavy (non-hydrogen) atoms. The fourth-order valence-corrected chi connectivity index (χ4v) is 4.09. The van der Waals surface area contributed by atoms with Crippen LogP contribution in [0.5, 0.6) is 0 Å². The lowest BCUT2D eigenvalue weighted by atomic mass is 9.78. The van der Waals surface area contributed by atoms with Crippen molar-refractivity contribution in [2.24, 2.45) is 5.41 Å². The number of piperidine rings is 1. The van der Waals surface area contributed by atoms with Gasteiger partial charge in [-0.3, -0.25) is 0 Å². The number of hydrogen-bond donors (Lipinski definition) is 1. The fraction of sp³-hybridized carbons (Fsp3) is 0.789. The highest BCUT2D eigenvalue weighted by Gasteiger charge is 2.36. The van der Waals surface area contributed by atoms with Gasteiger partial charge in [-0.2, -0.15) is 4.98 Å². The molecule has 0 spiro atoms. The van der Waals surface area contributed by atoms with Gasteiger partial charge >= 0.3 is 0 Å². The number of aromatic nitrogens is 2. The van der Waals surface area contributed by atoms with E-state index in [1.807, 2.05) is 0 Å². The SMILES string of the molecule is COCCC1(CO)CCCN(c2nc(N3CCCC3)nc(C)c2C)C1. The molecule has 0 amide bonds. The lowest BCUT2D eigenvalue weighted by Gasteiger charge is -2.43. The maximum absolute atomic E-state index is 10.1. The van der Waals surface area contributed by atoms with Crippen LogP contribution in [0.2, 0.25) is 0 Å². The molecule has 1 aromatic rings. The van der Waals surface area contributed by atoms with Gasteiger partial charge in [-0.05, 0) is 46.0 Å². The predicted octanol–water partition coefficient (Wildman–Crippen LogP) is 2.31. The summed E-state index contributed by atoms with van der Waals surface area (Å²) in [6.45, 7) is 9.02. The Labute approximate surface area is 151 Å². The normalized spacial score (nSPS) is 24.2. The van der Waals surface area contributed by atoms with Crippen LogP contribution < -0.4 is 9.80 Å². The Hall–Kier alpha value is -1.40. The summed E-state index contributed by atoms with van der Waals surface area (Å²) >= 11 is 0. The first-order valence-corrected chi connectivity index (χ1v) is 9.53. The van der Waals surface area contributed by atoms with Gasteiger partial charge in [0, 0.05) is 56.6 Å². The van der Waals surface area contributed by atoms with Gasteiger partial charge in [0.05, 0.1) is 6.61 Å². The van der Waals surface area contributed by atoms with Gasteiger partial charge in [-0.15, -0.1) is 0 Å². The summed E-state index contributed by atoms with van der Waals surface area (Å²) < 4.78 is 5.28. The molecule has 2 saturated heterocycles. The average Bonchev–Trinajstić information content (AvgIpc) is 3.17. The van der Waals surface area contributed by atoms with Crippen LogP contribution in [-0.4, -0.2) is 61.6 Å². The smallest absolute Gasteiger partial charge is 0.227 e. The summed E-state index contributed by atoms with van der Waals surface area (Å²) in [4.78, 5) is 14.3. The van der Waals surface area contributed by atoms with Crippen LogP contribution in [0.15, 0.2) is 0 Å². The average molecular weight is 348 g/mol. The van der Waals surface area contributed by atoms with E-state index in [0.717, 1.165) is 68.5 Å². The van der Waals surface area contributed by atoms with Crippen LogP contribution in [0.4, 0.5) is 11.8 Å². The summed E-state index contributed by atoms with van der Waals surface area (Å²) in [6, 6.07) is 0.